The number of anilines is 1. The Labute approximate surface area is 152 Å². The van der Waals surface area contributed by atoms with Crippen molar-refractivity contribution in [3.05, 3.63) is 52.2 Å². The molecule has 0 spiro atoms. The highest BCUT2D eigenvalue weighted by Gasteiger charge is 2.43. The van der Waals surface area contributed by atoms with Crippen LogP contribution in [0.1, 0.15) is 30.3 Å². The SMILES string of the molecule is Cc1ccc(N2C(=O)N(CN(C)C(C)c3cccs3)C(=O)C2C)cc1. The van der Waals surface area contributed by atoms with Crippen LogP contribution in [0.4, 0.5) is 10.5 Å². The molecule has 2 atom stereocenters. The number of hydrogen-bond acceptors (Lipinski definition) is 4. The fraction of sp³-hybridized carbons (Fsp3) is 0.368. The van der Waals surface area contributed by atoms with Gasteiger partial charge in [-0.05, 0) is 51.4 Å². The molecule has 0 aliphatic carbocycles. The topological polar surface area (TPSA) is 43.9 Å². The van der Waals surface area contributed by atoms with E-state index >= 15 is 0 Å². The first-order valence-corrected chi connectivity index (χ1v) is 9.23. The summed E-state index contributed by atoms with van der Waals surface area (Å²) in [6.45, 7) is 6.14. The number of urea groups is 1. The third-order valence-electron chi connectivity index (χ3n) is 4.74. The van der Waals surface area contributed by atoms with Crippen molar-refractivity contribution >= 4 is 29.0 Å². The third-order valence-corrected chi connectivity index (χ3v) is 5.78. The molecule has 0 bridgehead atoms. The molecule has 1 aromatic carbocycles. The predicted octanol–water partition coefficient (Wildman–Crippen LogP) is 3.86. The fourth-order valence-corrected chi connectivity index (χ4v) is 3.84. The molecule has 25 heavy (non-hydrogen) atoms. The lowest BCUT2D eigenvalue weighted by Gasteiger charge is -2.27. The number of thiophene rings is 1. The van der Waals surface area contributed by atoms with E-state index in [1.807, 2.05) is 54.6 Å². The number of nitrogens with zero attached hydrogens (tertiary/aromatic N) is 3. The molecule has 5 nitrogen and oxygen atoms in total. The molecule has 6 heteroatoms. The van der Waals surface area contributed by atoms with Crippen LogP contribution in [0.15, 0.2) is 41.8 Å². The largest absolute Gasteiger partial charge is 0.333 e. The number of carbonyl (C=O) groups is 2. The van der Waals surface area contributed by atoms with Gasteiger partial charge in [-0.15, -0.1) is 11.3 Å². The van der Waals surface area contributed by atoms with E-state index in [0.29, 0.717) is 0 Å². The molecular weight excluding hydrogens is 334 g/mol. The van der Waals surface area contributed by atoms with Crippen LogP contribution in [0.25, 0.3) is 0 Å². The molecule has 0 radical (unpaired) electrons. The lowest BCUT2D eigenvalue weighted by atomic mass is 10.2. The summed E-state index contributed by atoms with van der Waals surface area (Å²) in [5.74, 6) is -0.157. The summed E-state index contributed by atoms with van der Waals surface area (Å²) in [6.07, 6.45) is 0. The van der Waals surface area contributed by atoms with E-state index in [1.165, 1.54) is 9.78 Å². The van der Waals surface area contributed by atoms with Crippen molar-refractivity contribution in [3.63, 3.8) is 0 Å². The first-order chi connectivity index (χ1) is 11.9. The van der Waals surface area contributed by atoms with Gasteiger partial charge in [0.05, 0.1) is 6.67 Å². The summed E-state index contributed by atoms with van der Waals surface area (Å²) >= 11 is 1.68. The molecule has 1 aliphatic heterocycles. The Bertz CT molecular complexity index is 757. The van der Waals surface area contributed by atoms with Crippen LogP contribution >= 0.6 is 11.3 Å². The maximum Gasteiger partial charge on any atom is 0.333 e. The summed E-state index contributed by atoms with van der Waals surface area (Å²) in [7, 11) is 1.93. The molecule has 1 aromatic heterocycles. The van der Waals surface area contributed by atoms with E-state index in [1.54, 1.807) is 23.2 Å². The Morgan fingerprint density at radius 3 is 2.48 bits per heavy atom. The Morgan fingerprint density at radius 1 is 1.20 bits per heavy atom. The highest BCUT2D eigenvalue weighted by atomic mass is 32.1. The van der Waals surface area contributed by atoms with Gasteiger partial charge in [-0.1, -0.05) is 23.8 Å². The molecule has 3 rings (SSSR count). The Balaban J connectivity index is 1.77. The van der Waals surface area contributed by atoms with Gasteiger partial charge in [0.2, 0.25) is 0 Å². The lowest BCUT2D eigenvalue weighted by Crippen LogP contribution is -2.41. The van der Waals surface area contributed by atoms with Gasteiger partial charge in [0, 0.05) is 16.6 Å². The van der Waals surface area contributed by atoms with Crippen molar-refractivity contribution in [1.29, 1.82) is 0 Å². The van der Waals surface area contributed by atoms with E-state index in [4.69, 9.17) is 0 Å². The number of imide groups is 1. The predicted molar refractivity (Wildman–Crippen MR) is 101 cm³/mol. The molecule has 3 amide bonds. The Kier molecular flexibility index (Phi) is 4.92. The molecule has 2 unspecified atom stereocenters. The van der Waals surface area contributed by atoms with Crippen LogP contribution < -0.4 is 4.90 Å². The molecule has 1 aliphatic rings. The van der Waals surface area contributed by atoms with Crippen LogP contribution in [-0.2, 0) is 4.79 Å². The second kappa shape index (κ2) is 6.98. The highest BCUT2D eigenvalue weighted by molar-refractivity contribution is 7.10. The van der Waals surface area contributed by atoms with E-state index in [-0.39, 0.29) is 24.6 Å². The molecule has 1 saturated heterocycles. The monoisotopic (exact) mass is 357 g/mol. The summed E-state index contributed by atoms with van der Waals surface area (Å²) < 4.78 is 0. The molecule has 1 fully saturated rings. The maximum absolute atomic E-state index is 12.9. The standard InChI is InChI=1S/C19H23N3O2S/c1-13-7-9-16(10-8-13)22-15(3)18(23)21(19(22)24)12-20(4)14(2)17-6-5-11-25-17/h5-11,14-15H,12H2,1-4H3. The van der Waals surface area contributed by atoms with Gasteiger partial charge in [-0.25, -0.2) is 9.69 Å². The summed E-state index contributed by atoms with van der Waals surface area (Å²) in [5.41, 5.74) is 1.88. The van der Waals surface area contributed by atoms with Crippen molar-refractivity contribution in [2.75, 3.05) is 18.6 Å². The molecule has 2 heterocycles. The summed E-state index contributed by atoms with van der Waals surface area (Å²) in [6, 6.07) is 11.2. The van der Waals surface area contributed by atoms with Crippen LogP contribution in [-0.4, -0.2) is 41.5 Å². The van der Waals surface area contributed by atoms with Gasteiger partial charge in [0.1, 0.15) is 6.04 Å². The average molecular weight is 357 g/mol. The minimum atomic E-state index is -0.486. The summed E-state index contributed by atoms with van der Waals surface area (Å²) in [5, 5.41) is 2.03. The van der Waals surface area contributed by atoms with Crippen LogP contribution in [0, 0.1) is 6.92 Å². The van der Waals surface area contributed by atoms with Crippen LogP contribution in [0.2, 0.25) is 0 Å². The minimum absolute atomic E-state index is 0.143. The molecular formula is C19H23N3O2S. The van der Waals surface area contributed by atoms with Gasteiger partial charge in [0.15, 0.2) is 0 Å². The molecule has 132 valence electrons. The van der Waals surface area contributed by atoms with Crippen molar-refractivity contribution in [3.8, 4) is 0 Å². The van der Waals surface area contributed by atoms with Crippen LogP contribution in [0.3, 0.4) is 0 Å². The van der Waals surface area contributed by atoms with Crippen molar-refractivity contribution in [1.82, 2.24) is 9.80 Å². The summed E-state index contributed by atoms with van der Waals surface area (Å²) in [4.78, 5) is 31.7. The fourth-order valence-electron chi connectivity index (χ4n) is 2.99. The molecule has 0 saturated carbocycles. The van der Waals surface area contributed by atoms with E-state index in [0.717, 1.165) is 11.3 Å². The van der Waals surface area contributed by atoms with Gasteiger partial charge in [0.25, 0.3) is 5.91 Å². The lowest BCUT2D eigenvalue weighted by molar-refractivity contribution is -0.128. The number of hydrogen-bond donors (Lipinski definition) is 0. The second-order valence-electron chi connectivity index (χ2n) is 6.52. The Morgan fingerprint density at radius 2 is 1.88 bits per heavy atom. The van der Waals surface area contributed by atoms with Crippen molar-refractivity contribution < 1.29 is 9.59 Å². The zero-order valence-corrected chi connectivity index (χ0v) is 15.8. The van der Waals surface area contributed by atoms with Gasteiger partial charge in [-0.3, -0.25) is 14.6 Å². The second-order valence-corrected chi connectivity index (χ2v) is 7.50. The van der Waals surface area contributed by atoms with E-state index in [2.05, 4.69) is 13.0 Å². The maximum atomic E-state index is 12.9. The van der Waals surface area contributed by atoms with Crippen molar-refractivity contribution in [2.45, 2.75) is 32.9 Å². The normalized spacial score (nSPS) is 19.2. The Hall–Kier alpha value is -2.18. The van der Waals surface area contributed by atoms with Crippen molar-refractivity contribution in [2.24, 2.45) is 0 Å². The number of amides is 3. The number of benzene rings is 1. The van der Waals surface area contributed by atoms with E-state index in [9.17, 15) is 9.59 Å². The first kappa shape index (κ1) is 17.6. The smallest absolute Gasteiger partial charge is 0.282 e. The van der Waals surface area contributed by atoms with E-state index < -0.39 is 6.04 Å². The zero-order valence-electron chi connectivity index (χ0n) is 15.0. The third kappa shape index (κ3) is 3.32. The first-order valence-electron chi connectivity index (χ1n) is 8.35. The average Bonchev–Trinajstić information content (AvgIpc) is 3.20. The molecule has 2 aromatic rings. The molecule has 0 N–H and O–H groups in total. The minimum Gasteiger partial charge on any atom is -0.282 e. The van der Waals surface area contributed by atoms with Gasteiger partial charge < -0.3 is 0 Å². The van der Waals surface area contributed by atoms with Gasteiger partial charge in [-0.2, -0.15) is 0 Å². The quantitative estimate of drug-likeness (QED) is 0.763. The van der Waals surface area contributed by atoms with Gasteiger partial charge >= 0.3 is 6.03 Å². The number of rotatable bonds is 5. The van der Waals surface area contributed by atoms with Crippen LogP contribution in [0.5, 0.6) is 0 Å². The number of aryl methyl sites for hydroxylation is 1. The zero-order chi connectivity index (χ0) is 18.1. The highest BCUT2D eigenvalue weighted by Crippen LogP contribution is 2.28. The number of carbonyl (C=O) groups excluding carboxylic acids is 2.